The molecule has 2 bridgehead atoms. The van der Waals surface area contributed by atoms with Crippen molar-refractivity contribution in [2.75, 3.05) is 33.3 Å². The fourth-order valence-corrected chi connectivity index (χ4v) is 6.53. The maximum absolute atomic E-state index is 14.3. The summed E-state index contributed by atoms with van der Waals surface area (Å²) in [4.78, 5) is 46.9. The Balaban J connectivity index is 2.07. The number of carbonyl (C=O) groups is 3. The van der Waals surface area contributed by atoms with Crippen molar-refractivity contribution >= 4 is 17.7 Å². The fourth-order valence-electron chi connectivity index (χ4n) is 6.53. The van der Waals surface area contributed by atoms with Crippen LogP contribution in [-0.4, -0.2) is 94.6 Å². The van der Waals surface area contributed by atoms with E-state index in [1.807, 2.05) is 13.8 Å². The lowest BCUT2D eigenvalue weighted by Gasteiger charge is -2.41. The molecule has 3 aliphatic heterocycles. The molecular weight excluding hydrogens is 458 g/mol. The van der Waals surface area contributed by atoms with E-state index in [4.69, 9.17) is 4.74 Å². The SMILES string of the molecule is C=CCN(C)C(=O)[C@@H]1[C@H]2C(=O)N([C@@H](CO)[C@@H](C)CC)C(C(=O)N(CC=C)CCCCC)C23CC[C@H]1O3. The first-order valence-electron chi connectivity index (χ1n) is 13.6. The van der Waals surface area contributed by atoms with Crippen molar-refractivity contribution in [3.05, 3.63) is 25.3 Å². The van der Waals surface area contributed by atoms with Gasteiger partial charge in [0.1, 0.15) is 11.6 Å². The summed E-state index contributed by atoms with van der Waals surface area (Å²) in [6, 6.07) is -1.39. The number of aliphatic hydroxyl groups is 1. The summed E-state index contributed by atoms with van der Waals surface area (Å²) in [5, 5.41) is 10.4. The van der Waals surface area contributed by atoms with Crippen LogP contribution in [0.4, 0.5) is 0 Å². The molecule has 1 spiro atoms. The van der Waals surface area contributed by atoms with E-state index in [1.165, 1.54) is 0 Å². The highest BCUT2D eigenvalue weighted by Gasteiger charge is 2.75. The normalized spacial score (nSPS) is 30.1. The molecule has 3 amide bonds. The zero-order valence-corrected chi connectivity index (χ0v) is 22.5. The number of carbonyl (C=O) groups excluding carboxylic acids is 3. The van der Waals surface area contributed by atoms with Crippen molar-refractivity contribution < 1.29 is 24.2 Å². The van der Waals surface area contributed by atoms with Gasteiger partial charge in [-0.05, 0) is 25.2 Å². The largest absolute Gasteiger partial charge is 0.394 e. The minimum Gasteiger partial charge on any atom is -0.394 e. The topological polar surface area (TPSA) is 90.4 Å². The van der Waals surface area contributed by atoms with Crippen LogP contribution >= 0.6 is 0 Å². The molecular formula is C28H45N3O5. The molecule has 3 heterocycles. The summed E-state index contributed by atoms with van der Waals surface area (Å²) in [6.07, 6.45) is 7.79. The van der Waals surface area contributed by atoms with Gasteiger partial charge in [0, 0.05) is 26.7 Å². The maximum atomic E-state index is 14.3. The first kappa shape index (κ1) is 28.4. The zero-order valence-electron chi connectivity index (χ0n) is 22.5. The monoisotopic (exact) mass is 503 g/mol. The molecule has 3 aliphatic rings. The molecule has 1 N–H and O–H groups in total. The Hall–Kier alpha value is -2.19. The van der Waals surface area contributed by atoms with Crippen LogP contribution in [0.15, 0.2) is 25.3 Å². The molecule has 2 unspecified atom stereocenters. The number of ether oxygens (including phenoxy) is 1. The highest BCUT2D eigenvalue weighted by molar-refractivity contribution is 5.99. The highest BCUT2D eigenvalue weighted by Crippen LogP contribution is 2.59. The third-order valence-electron chi connectivity index (χ3n) is 8.57. The van der Waals surface area contributed by atoms with Crippen molar-refractivity contribution in [1.29, 1.82) is 0 Å². The van der Waals surface area contributed by atoms with E-state index in [-0.39, 0.29) is 36.4 Å². The second-order valence-corrected chi connectivity index (χ2v) is 10.7. The Morgan fingerprint density at radius 3 is 2.50 bits per heavy atom. The molecule has 36 heavy (non-hydrogen) atoms. The van der Waals surface area contributed by atoms with Gasteiger partial charge in [0.15, 0.2) is 0 Å². The second kappa shape index (κ2) is 11.9. The van der Waals surface area contributed by atoms with Crippen LogP contribution in [0.5, 0.6) is 0 Å². The van der Waals surface area contributed by atoms with Gasteiger partial charge in [0.05, 0.1) is 30.6 Å². The smallest absolute Gasteiger partial charge is 0.248 e. The number of amides is 3. The number of fused-ring (bicyclic) bond motifs is 1. The Morgan fingerprint density at radius 1 is 1.22 bits per heavy atom. The van der Waals surface area contributed by atoms with Gasteiger partial charge in [0.25, 0.3) is 0 Å². The molecule has 8 nitrogen and oxygen atoms in total. The Morgan fingerprint density at radius 2 is 1.92 bits per heavy atom. The summed E-state index contributed by atoms with van der Waals surface area (Å²) in [5.74, 6) is -1.95. The van der Waals surface area contributed by atoms with Crippen molar-refractivity contribution in [3.63, 3.8) is 0 Å². The summed E-state index contributed by atoms with van der Waals surface area (Å²) in [5.41, 5.74) is -1.06. The van der Waals surface area contributed by atoms with E-state index in [2.05, 4.69) is 20.1 Å². The molecule has 0 aromatic carbocycles. The molecule has 0 saturated carbocycles. The van der Waals surface area contributed by atoms with Gasteiger partial charge in [-0.3, -0.25) is 14.4 Å². The van der Waals surface area contributed by atoms with Crippen LogP contribution in [-0.2, 0) is 19.1 Å². The number of likely N-dealkylation sites (tertiary alicyclic amines) is 1. The number of likely N-dealkylation sites (N-methyl/N-ethyl adjacent to an activating group) is 1. The number of aliphatic hydroxyl groups excluding tert-OH is 1. The molecule has 7 atom stereocenters. The molecule has 3 saturated heterocycles. The molecule has 3 rings (SSSR count). The maximum Gasteiger partial charge on any atom is 0.248 e. The fraction of sp³-hybridized carbons (Fsp3) is 0.750. The van der Waals surface area contributed by atoms with Gasteiger partial charge in [-0.15, -0.1) is 13.2 Å². The summed E-state index contributed by atoms with van der Waals surface area (Å²) >= 11 is 0. The summed E-state index contributed by atoms with van der Waals surface area (Å²) in [6.45, 7) is 14.8. The van der Waals surface area contributed by atoms with E-state index < -0.39 is 29.5 Å². The first-order chi connectivity index (χ1) is 17.2. The van der Waals surface area contributed by atoms with E-state index in [0.717, 1.165) is 25.7 Å². The Kier molecular flexibility index (Phi) is 9.39. The van der Waals surface area contributed by atoms with Crippen molar-refractivity contribution in [3.8, 4) is 0 Å². The van der Waals surface area contributed by atoms with Crippen LogP contribution in [0.25, 0.3) is 0 Å². The predicted molar refractivity (Wildman–Crippen MR) is 139 cm³/mol. The van der Waals surface area contributed by atoms with Crippen LogP contribution in [0, 0.1) is 17.8 Å². The Labute approximate surface area is 216 Å². The average Bonchev–Trinajstić information content (AvgIpc) is 3.51. The molecule has 0 radical (unpaired) electrons. The predicted octanol–water partition coefficient (Wildman–Crippen LogP) is 2.62. The zero-order chi connectivity index (χ0) is 26.6. The van der Waals surface area contributed by atoms with Gasteiger partial charge in [-0.1, -0.05) is 52.2 Å². The molecule has 3 fully saturated rings. The third-order valence-corrected chi connectivity index (χ3v) is 8.57. The molecule has 0 aromatic heterocycles. The van der Waals surface area contributed by atoms with Crippen LogP contribution in [0.1, 0.15) is 59.3 Å². The van der Waals surface area contributed by atoms with Gasteiger partial charge in [-0.25, -0.2) is 0 Å². The molecule has 0 aliphatic carbocycles. The lowest BCUT2D eigenvalue weighted by Crippen LogP contribution is -2.59. The van der Waals surface area contributed by atoms with Crippen molar-refractivity contribution in [1.82, 2.24) is 14.7 Å². The molecule has 8 heteroatoms. The summed E-state index contributed by atoms with van der Waals surface area (Å²) < 4.78 is 6.55. The third kappa shape index (κ3) is 4.74. The lowest BCUT2D eigenvalue weighted by molar-refractivity contribution is -0.153. The highest BCUT2D eigenvalue weighted by atomic mass is 16.5. The number of unbranched alkanes of at least 4 members (excludes halogenated alkanes) is 2. The second-order valence-electron chi connectivity index (χ2n) is 10.7. The van der Waals surface area contributed by atoms with E-state index in [1.54, 1.807) is 33.9 Å². The lowest BCUT2D eigenvalue weighted by atomic mass is 9.70. The minimum atomic E-state index is -1.06. The van der Waals surface area contributed by atoms with Crippen LogP contribution < -0.4 is 0 Å². The van der Waals surface area contributed by atoms with Crippen molar-refractivity contribution in [2.45, 2.75) is 83.1 Å². The van der Waals surface area contributed by atoms with Crippen LogP contribution in [0.2, 0.25) is 0 Å². The van der Waals surface area contributed by atoms with Crippen molar-refractivity contribution in [2.24, 2.45) is 17.8 Å². The number of hydrogen-bond donors (Lipinski definition) is 1. The minimum absolute atomic E-state index is 0.0211. The quantitative estimate of drug-likeness (QED) is 0.291. The molecule has 0 aromatic rings. The standard InChI is InChI=1S/C28H45N3O5/c1-7-11-12-17-30(16-9-3)27(35)24-28-14-13-21(36-28)22(25(33)29(6)15-8-2)23(28)26(34)31(24)20(18-32)19(5)10-4/h8-9,19-24,32H,2-3,7,10-18H2,1,4-6H3/t19-,20-,21+,22-,23-,24?,28?/m0/s1. The van der Waals surface area contributed by atoms with E-state index >= 15 is 0 Å². The number of nitrogens with zero attached hydrogens (tertiary/aromatic N) is 3. The van der Waals surface area contributed by atoms with Gasteiger partial charge < -0.3 is 24.5 Å². The van der Waals surface area contributed by atoms with E-state index in [9.17, 15) is 19.5 Å². The van der Waals surface area contributed by atoms with Gasteiger partial charge in [0.2, 0.25) is 17.7 Å². The van der Waals surface area contributed by atoms with E-state index in [0.29, 0.717) is 32.5 Å². The molecule has 202 valence electrons. The summed E-state index contributed by atoms with van der Waals surface area (Å²) in [7, 11) is 1.71. The number of hydrogen-bond acceptors (Lipinski definition) is 5. The van der Waals surface area contributed by atoms with Gasteiger partial charge >= 0.3 is 0 Å². The first-order valence-corrected chi connectivity index (χ1v) is 13.6. The average molecular weight is 504 g/mol. The number of rotatable bonds is 14. The van der Waals surface area contributed by atoms with Gasteiger partial charge in [-0.2, -0.15) is 0 Å². The van der Waals surface area contributed by atoms with Crippen LogP contribution in [0.3, 0.4) is 0 Å². The Bertz CT molecular complexity index is 847.